The van der Waals surface area contributed by atoms with E-state index >= 15 is 0 Å². The molecule has 5 aromatic heterocycles. The molecule has 65 heavy (non-hydrogen) atoms. The van der Waals surface area contributed by atoms with Gasteiger partial charge in [-0.2, -0.15) is 0 Å². The number of nitrogens with one attached hydrogen (secondary N) is 4. The molecular weight excluding hydrogens is 955 g/mol. The number of halogens is 2. The molecule has 2 aromatic carbocycles. The summed E-state index contributed by atoms with van der Waals surface area (Å²) in [4.78, 5) is 77.7. The van der Waals surface area contributed by atoms with E-state index in [0.29, 0.717) is 11.3 Å². The van der Waals surface area contributed by atoms with Gasteiger partial charge in [0.05, 0.1) is 47.4 Å². The van der Waals surface area contributed by atoms with Gasteiger partial charge in [0.25, 0.3) is 5.56 Å². The minimum Gasteiger partial charge on any atom is -0.324 e. The van der Waals surface area contributed by atoms with Gasteiger partial charge in [-0.15, -0.1) is 12.4 Å². The molecule has 0 aliphatic rings. The number of amides is 3. The number of fused-ring (bicyclic) bond motifs is 3. The Bertz CT molecular complexity index is 2800. The van der Waals surface area contributed by atoms with Crippen LogP contribution >= 0.6 is 35.0 Å². The molecule has 4 N–H and O–H groups in total. The number of hydrogen-bond acceptors (Lipinski definition) is 9. The SMILES string of the molecule is CC(=O)c1ccccc1-c1ccncc1NC(=O)C(C)(C)C.CC(C)(C)C(=O)Nc1cccnc1.CC(C)(C)C(=O)Nc1cnccc1I.Cl.O=c1[nH]c2cnccc2c2ccccc12. The minimum atomic E-state index is -0.507. The fraction of sp³-hybridized carbons (Fsp3) is 0.260. The van der Waals surface area contributed by atoms with Gasteiger partial charge < -0.3 is 20.9 Å². The molecule has 0 bridgehead atoms. The molecule has 0 aliphatic heterocycles. The lowest BCUT2D eigenvalue weighted by Gasteiger charge is -2.19. The van der Waals surface area contributed by atoms with Crippen molar-refractivity contribution in [3.05, 3.63) is 148 Å². The fourth-order valence-electron chi connectivity index (χ4n) is 5.43. The third kappa shape index (κ3) is 15.7. The van der Waals surface area contributed by atoms with Gasteiger partial charge in [0.15, 0.2) is 5.78 Å². The summed E-state index contributed by atoms with van der Waals surface area (Å²) in [6.45, 7) is 18.3. The summed E-state index contributed by atoms with van der Waals surface area (Å²) >= 11 is 2.17. The first kappa shape index (κ1) is 53.0. The normalized spacial score (nSPS) is 10.9. The topological polar surface area (TPSA) is 189 Å². The van der Waals surface area contributed by atoms with Crippen LogP contribution in [-0.2, 0) is 14.4 Å². The van der Waals surface area contributed by atoms with Crippen molar-refractivity contribution in [1.29, 1.82) is 0 Å². The second-order valence-electron chi connectivity index (χ2n) is 17.7. The highest BCUT2D eigenvalue weighted by molar-refractivity contribution is 14.1. The van der Waals surface area contributed by atoms with Crippen molar-refractivity contribution in [2.75, 3.05) is 16.0 Å². The smallest absolute Gasteiger partial charge is 0.256 e. The summed E-state index contributed by atoms with van der Waals surface area (Å²) in [5.41, 5.74) is 3.79. The Morgan fingerprint density at radius 1 is 0.523 bits per heavy atom. The Hall–Kier alpha value is -6.39. The van der Waals surface area contributed by atoms with Crippen molar-refractivity contribution < 1.29 is 19.2 Å². The highest BCUT2D eigenvalue weighted by atomic mass is 127. The molecule has 15 heteroatoms. The number of anilines is 3. The number of ketones is 1. The number of benzene rings is 2. The molecule has 0 fully saturated rings. The molecular formula is C50H56ClIN8O5. The molecule has 0 aliphatic carbocycles. The van der Waals surface area contributed by atoms with Crippen LogP contribution in [0.4, 0.5) is 17.1 Å². The Kier molecular flexibility index (Phi) is 19.2. The molecule has 0 saturated heterocycles. The van der Waals surface area contributed by atoms with E-state index in [9.17, 15) is 24.0 Å². The summed E-state index contributed by atoms with van der Waals surface area (Å²) in [6, 6.07) is 24.1. The van der Waals surface area contributed by atoms with Gasteiger partial charge in [-0.05, 0) is 76.9 Å². The summed E-state index contributed by atoms with van der Waals surface area (Å²) in [5, 5.41) is 11.2. The number of aromatic amines is 1. The Morgan fingerprint density at radius 2 is 1.03 bits per heavy atom. The highest BCUT2D eigenvalue weighted by Crippen LogP contribution is 2.31. The standard InChI is InChI=1S/C18H20N2O2.C12H8N2O.C10H13IN2O.C10H14N2O.ClH/c1-12(21)13-7-5-6-8-14(13)15-9-10-19-11-16(15)20-17(22)18(2,3)4;15-12-10-4-2-1-3-8(10)9-5-6-13-7-11(9)14-12;1-10(2,3)9(14)13-8-6-12-5-4-7(8)11;1-10(2,3)9(13)12-8-5-4-6-11-7-8;/h5-11H,1-4H3,(H,20,22);1-7H,(H,14,15);4-6H,1-3H3,(H,13,14);4-7H,1-3H3,(H,12,13);1H. The Balaban J connectivity index is 0.000000234. The quantitative estimate of drug-likeness (QED) is 0.0739. The molecule has 0 spiro atoms. The van der Waals surface area contributed by atoms with Crippen molar-refractivity contribution in [3.8, 4) is 11.1 Å². The predicted octanol–water partition coefficient (Wildman–Crippen LogP) is 11.2. The molecule has 5 heterocycles. The Morgan fingerprint density at radius 3 is 1.62 bits per heavy atom. The van der Waals surface area contributed by atoms with E-state index in [1.807, 2.05) is 123 Å². The molecule has 13 nitrogen and oxygen atoms in total. The number of aromatic nitrogens is 5. The van der Waals surface area contributed by atoms with E-state index in [1.54, 1.807) is 67.8 Å². The third-order valence-electron chi connectivity index (χ3n) is 9.18. The maximum atomic E-state index is 12.2. The molecule has 7 rings (SSSR count). The summed E-state index contributed by atoms with van der Waals surface area (Å²) in [7, 11) is 0. The largest absolute Gasteiger partial charge is 0.324 e. The van der Waals surface area contributed by atoms with Crippen molar-refractivity contribution in [2.24, 2.45) is 16.2 Å². The van der Waals surface area contributed by atoms with Gasteiger partial charge in [0.2, 0.25) is 17.7 Å². The zero-order valence-corrected chi connectivity index (χ0v) is 41.2. The molecule has 3 amide bonds. The summed E-state index contributed by atoms with van der Waals surface area (Å²) in [6.07, 6.45) is 13.3. The average molecular weight is 1010 g/mol. The predicted molar refractivity (Wildman–Crippen MR) is 272 cm³/mol. The minimum absolute atomic E-state index is 0. The molecule has 0 saturated carbocycles. The van der Waals surface area contributed by atoms with Crippen molar-refractivity contribution in [3.63, 3.8) is 0 Å². The van der Waals surface area contributed by atoms with Crippen LogP contribution in [0.5, 0.6) is 0 Å². The lowest BCUT2D eigenvalue weighted by molar-refractivity contribution is -0.123. The second kappa shape index (κ2) is 23.5. The van der Waals surface area contributed by atoms with Crippen LogP contribution in [0.15, 0.2) is 133 Å². The van der Waals surface area contributed by atoms with Crippen LogP contribution in [0, 0.1) is 19.8 Å². The molecule has 0 unspecified atom stereocenters. The molecule has 0 atom stereocenters. The fourth-order valence-corrected chi connectivity index (χ4v) is 5.87. The van der Waals surface area contributed by atoms with E-state index in [2.05, 4.69) is 63.5 Å². The van der Waals surface area contributed by atoms with Crippen LogP contribution in [0.3, 0.4) is 0 Å². The van der Waals surface area contributed by atoms with E-state index in [0.717, 1.165) is 47.7 Å². The lowest BCUT2D eigenvalue weighted by Crippen LogP contribution is -2.28. The van der Waals surface area contributed by atoms with Gasteiger partial charge in [-0.1, -0.05) is 105 Å². The zero-order valence-electron chi connectivity index (χ0n) is 38.2. The van der Waals surface area contributed by atoms with Crippen LogP contribution in [0.1, 0.15) is 79.6 Å². The van der Waals surface area contributed by atoms with Crippen LogP contribution in [0.2, 0.25) is 0 Å². The number of H-pyrrole nitrogens is 1. The van der Waals surface area contributed by atoms with E-state index in [4.69, 9.17) is 0 Å². The van der Waals surface area contributed by atoms with E-state index in [1.165, 1.54) is 6.92 Å². The van der Waals surface area contributed by atoms with Gasteiger partial charge in [0.1, 0.15) is 0 Å². The van der Waals surface area contributed by atoms with Crippen LogP contribution < -0.4 is 21.5 Å². The maximum absolute atomic E-state index is 12.2. The van der Waals surface area contributed by atoms with Gasteiger partial charge in [0, 0.05) is 66.5 Å². The molecule has 340 valence electrons. The lowest BCUT2D eigenvalue weighted by atomic mass is 9.94. The van der Waals surface area contributed by atoms with E-state index < -0.39 is 5.41 Å². The first-order valence-electron chi connectivity index (χ1n) is 20.4. The number of rotatable bonds is 5. The number of hydrogen-bond donors (Lipinski definition) is 4. The highest BCUT2D eigenvalue weighted by Gasteiger charge is 2.24. The average Bonchev–Trinajstić information content (AvgIpc) is 3.25. The van der Waals surface area contributed by atoms with Gasteiger partial charge >= 0.3 is 0 Å². The van der Waals surface area contributed by atoms with Crippen LogP contribution in [0.25, 0.3) is 32.8 Å². The van der Waals surface area contributed by atoms with Crippen molar-refractivity contribution in [2.45, 2.75) is 69.2 Å². The van der Waals surface area contributed by atoms with Gasteiger partial charge in [-0.25, -0.2) is 0 Å². The number of Topliss-reactive ketones (excluding diaryl/α,β-unsaturated/α-hetero) is 1. The first-order valence-corrected chi connectivity index (χ1v) is 21.5. The second-order valence-corrected chi connectivity index (χ2v) is 18.8. The number of carbonyl (C=O) groups is 4. The number of carbonyl (C=O) groups excluding carboxylic acids is 4. The van der Waals surface area contributed by atoms with E-state index in [-0.39, 0.29) is 52.3 Å². The first-order chi connectivity index (χ1) is 30.1. The third-order valence-corrected chi connectivity index (χ3v) is 10.1. The summed E-state index contributed by atoms with van der Waals surface area (Å²) in [5.74, 6) is -0.105. The zero-order chi connectivity index (χ0) is 47.2. The number of nitrogens with zero attached hydrogens (tertiary/aromatic N) is 4. The monoisotopic (exact) mass is 1010 g/mol. The maximum Gasteiger partial charge on any atom is 0.256 e. The Labute approximate surface area is 399 Å². The van der Waals surface area contributed by atoms with Crippen molar-refractivity contribution in [1.82, 2.24) is 24.9 Å². The van der Waals surface area contributed by atoms with Crippen LogP contribution in [-0.4, -0.2) is 48.4 Å². The van der Waals surface area contributed by atoms with Crippen molar-refractivity contribution >= 4 is 97.2 Å². The molecule has 0 radical (unpaired) electrons. The molecule has 7 aromatic rings. The summed E-state index contributed by atoms with van der Waals surface area (Å²) < 4.78 is 0.996. The number of pyridine rings is 5. The van der Waals surface area contributed by atoms with Gasteiger partial charge in [-0.3, -0.25) is 43.9 Å².